The van der Waals surface area contributed by atoms with Gasteiger partial charge in [0.15, 0.2) is 0 Å². The fourth-order valence-electron chi connectivity index (χ4n) is 1.93. The van der Waals surface area contributed by atoms with E-state index in [1.165, 1.54) is 24.8 Å². The summed E-state index contributed by atoms with van der Waals surface area (Å²) < 4.78 is 5.03. The van der Waals surface area contributed by atoms with Crippen LogP contribution in [-0.2, 0) is 6.42 Å². The molecule has 1 atom stereocenters. The zero-order chi connectivity index (χ0) is 13.2. The topological polar surface area (TPSA) is 48.1 Å². The smallest absolute Gasteiger partial charge is 0.212 e. The van der Waals surface area contributed by atoms with Gasteiger partial charge in [0.2, 0.25) is 5.88 Å². The van der Waals surface area contributed by atoms with Crippen molar-refractivity contribution in [2.24, 2.45) is 5.73 Å². The Morgan fingerprint density at radius 2 is 2.22 bits per heavy atom. The average Bonchev–Trinajstić information content (AvgIpc) is 2.39. The van der Waals surface area contributed by atoms with Gasteiger partial charge in [0.05, 0.1) is 7.11 Å². The summed E-state index contributed by atoms with van der Waals surface area (Å²) in [5, 5.41) is 0. The molecule has 0 aliphatic rings. The normalized spacial score (nSPS) is 12.1. The summed E-state index contributed by atoms with van der Waals surface area (Å²) in [5.41, 5.74) is 7.29. The lowest BCUT2D eigenvalue weighted by molar-refractivity contribution is 0.397. The maximum Gasteiger partial charge on any atom is 0.212 e. The van der Waals surface area contributed by atoms with Gasteiger partial charge in [0.25, 0.3) is 0 Å². The summed E-state index contributed by atoms with van der Waals surface area (Å²) in [5.74, 6) is 0.650. The summed E-state index contributed by atoms with van der Waals surface area (Å²) in [6.45, 7) is 3.72. The summed E-state index contributed by atoms with van der Waals surface area (Å²) in [6.07, 6.45) is 10.5. The number of aromatic nitrogens is 1. The van der Waals surface area contributed by atoms with Crippen LogP contribution in [-0.4, -0.2) is 18.1 Å². The molecule has 1 rings (SSSR count). The molecule has 1 aromatic rings. The van der Waals surface area contributed by atoms with Gasteiger partial charge in [-0.05, 0) is 31.2 Å². The highest BCUT2D eigenvalue weighted by Gasteiger charge is 2.04. The molecular weight excluding hydrogens is 224 g/mol. The van der Waals surface area contributed by atoms with Gasteiger partial charge in [-0.2, -0.15) is 0 Å². The number of nitrogens with zero attached hydrogens (tertiary/aromatic N) is 1. The van der Waals surface area contributed by atoms with Crippen LogP contribution in [0.1, 0.15) is 37.7 Å². The average molecular weight is 248 g/mol. The molecule has 18 heavy (non-hydrogen) atoms. The van der Waals surface area contributed by atoms with E-state index in [2.05, 4.69) is 11.6 Å². The number of hydrogen-bond donors (Lipinski definition) is 1. The van der Waals surface area contributed by atoms with Crippen molar-refractivity contribution in [3.05, 3.63) is 36.5 Å². The van der Waals surface area contributed by atoms with Crippen LogP contribution < -0.4 is 10.5 Å². The molecule has 0 bridgehead atoms. The molecule has 100 valence electrons. The second-order valence-corrected chi connectivity index (χ2v) is 4.60. The van der Waals surface area contributed by atoms with Crippen molar-refractivity contribution in [2.45, 2.75) is 44.6 Å². The molecule has 1 unspecified atom stereocenters. The molecule has 0 aliphatic heterocycles. The molecule has 0 saturated carbocycles. The molecule has 1 heterocycles. The Morgan fingerprint density at radius 1 is 1.39 bits per heavy atom. The maximum atomic E-state index is 6.11. The number of methoxy groups -OCH3 is 1. The van der Waals surface area contributed by atoms with E-state index >= 15 is 0 Å². The maximum absolute atomic E-state index is 6.11. The SMILES string of the molecule is C=CCCCCCC(N)Cc1ccc(OC)nc1. The van der Waals surface area contributed by atoms with Crippen molar-refractivity contribution in [2.75, 3.05) is 7.11 Å². The van der Waals surface area contributed by atoms with Gasteiger partial charge in [0.1, 0.15) is 0 Å². The van der Waals surface area contributed by atoms with Crippen molar-refractivity contribution in [1.82, 2.24) is 4.98 Å². The van der Waals surface area contributed by atoms with E-state index in [1.54, 1.807) is 7.11 Å². The Bertz CT molecular complexity index is 335. The van der Waals surface area contributed by atoms with Gasteiger partial charge >= 0.3 is 0 Å². The lowest BCUT2D eigenvalue weighted by Gasteiger charge is -2.11. The lowest BCUT2D eigenvalue weighted by Crippen LogP contribution is -2.22. The van der Waals surface area contributed by atoms with Crippen LogP contribution in [0.15, 0.2) is 31.0 Å². The number of hydrogen-bond acceptors (Lipinski definition) is 3. The van der Waals surface area contributed by atoms with Gasteiger partial charge in [-0.15, -0.1) is 6.58 Å². The van der Waals surface area contributed by atoms with E-state index in [0.29, 0.717) is 5.88 Å². The van der Waals surface area contributed by atoms with Crippen LogP contribution in [0.2, 0.25) is 0 Å². The molecule has 0 aromatic carbocycles. The largest absolute Gasteiger partial charge is 0.481 e. The number of nitrogens with two attached hydrogens (primary N) is 1. The Hall–Kier alpha value is -1.35. The first-order valence-corrected chi connectivity index (χ1v) is 6.61. The van der Waals surface area contributed by atoms with Gasteiger partial charge in [-0.3, -0.25) is 0 Å². The molecule has 0 saturated heterocycles. The number of ether oxygens (including phenoxy) is 1. The first-order valence-electron chi connectivity index (χ1n) is 6.61. The summed E-state index contributed by atoms with van der Waals surface area (Å²) in [7, 11) is 1.62. The van der Waals surface area contributed by atoms with Gasteiger partial charge in [0, 0.05) is 18.3 Å². The third-order valence-electron chi connectivity index (χ3n) is 2.99. The Kier molecular flexibility index (Phi) is 7.11. The number of rotatable bonds is 9. The molecule has 1 aromatic heterocycles. The van der Waals surface area contributed by atoms with Crippen LogP contribution in [0.4, 0.5) is 0 Å². The third kappa shape index (κ3) is 5.82. The van der Waals surface area contributed by atoms with Crippen molar-refractivity contribution in [3.63, 3.8) is 0 Å². The fourth-order valence-corrected chi connectivity index (χ4v) is 1.93. The van der Waals surface area contributed by atoms with E-state index < -0.39 is 0 Å². The van der Waals surface area contributed by atoms with Gasteiger partial charge < -0.3 is 10.5 Å². The van der Waals surface area contributed by atoms with Crippen molar-refractivity contribution >= 4 is 0 Å². The quantitative estimate of drug-likeness (QED) is 0.539. The van der Waals surface area contributed by atoms with Crippen molar-refractivity contribution < 1.29 is 4.74 Å². The first kappa shape index (κ1) is 14.7. The molecule has 0 spiro atoms. The van der Waals surface area contributed by atoms with E-state index in [1.807, 2.05) is 24.4 Å². The Balaban J connectivity index is 2.22. The lowest BCUT2D eigenvalue weighted by atomic mass is 10.0. The predicted molar refractivity (Wildman–Crippen MR) is 75.8 cm³/mol. The summed E-state index contributed by atoms with van der Waals surface area (Å²) in [6, 6.07) is 4.14. The van der Waals surface area contributed by atoms with Crippen LogP contribution in [0.3, 0.4) is 0 Å². The molecular formula is C15H24N2O. The fraction of sp³-hybridized carbons (Fsp3) is 0.533. The Labute approximate surface area is 110 Å². The highest BCUT2D eigenvalue weighted by Crippen LogP contribution is 2.11. The molecule has 0 fully saturated rings. The van der Waals surface area contributed by atoms with E-state index in [9.17, 15) is 0 Å². The minimum Gasteiger partial charge on any atom is -0.481 e. The summed E-state index contributed by atoms with van der Waals surface area (Å²) >= 11 is 0. The summed E-state index contributed by atoms with van der Waals surface area (Å²) in [4.78, 5) is 4.18. The second-order valence-electron chi connectivity index (χ2n) is 4.60. The standard InChI is InChI=1S/C15H24N2O/c1-3-4-5-6-7-8-14(16)11-13-9-10-15(18-2)17-12-13/h3,9-10,12,14H,1,4-8,11,16H2,2H3. The van der Waals surface area contributed by atoms with Crippen LogP contribution >= 0.6 is 0 Å². The zero-order valence-electron chi connectivity index (χ0n) is 11.3. The van der Waals surface area contributed by atoms with E-state index in [-0.39, 0.29) is 6.04 Å². The second kappa shape index (κ2) is 8.70. The monoisotopic (exact) mass is 248 g/mol. The Morgan fingerprint density at radius 3 is 2.83 bits per heavy atom. The number of pyridine rings is 1. The molecule has 0 aliphatic carbocycles. The minimum absolute atomic E-state index is 0.226. The first-order chi connectivity index (χ1) is 8.76. The number of allylic oxidation sites excluding steroid dienone is 1. The van der Waals surface area contributed by atoms with Crippen LogP contribution in [0, 0.1) is 0 Å². The highest BCUT2D eigenvalue weighted by molar-refractivity contribution is 5.18. The predicted octanol–water partition coefficient (Wildman–Crippen LogP) is 3.10. The molecule has 0 radical (unpaired) electrons. The number of unbranched alkanes of at least 4 members (excludes halogenated alkanes) is 3. The molecule has 0 amide bonds. The van der Waals surface area contributed by atoms with Crippen LogP contribution in [0.25, 0.3) is 0 Å². The molecule has 2 N–H and O–H groups in total. The van der Waals surface area contributed by atoms with E-state index in [4.69, 9.17) is 10.5 Å². The molecule has 3 nitrogen and oxygen atoms in total. The van der Waals surface area contributed by atoms with Gasteiger partial charge in [-0.1, -0.05) is 25.0 Å². The minimum atomic E-state index is 0.226. The van der Waals surface area contributed by atoms with Crippen molar-refractivity contribution in [3.8, 4) is 5.88 Å². The van der Waals surface area contributed by atoms with Crippen molar-refractivity contribution in [1.29, 1.82) is 0 Å². The third-order valence-corrected chi connectivity index (χ3v) is 2.99. The highest BCUT2D eigenvalue weighted by atomic mass is 16.5. The molecule has 3 heteroatoms. The van der Waals surface area contributed by atoms with Crippen LogP contribution in [0.5, 0.6) is 5.88 Å². The van der Waals surface area contributed by atoms with E-state index in [0.717, 1.165) is 19.3 Å². The van der Waals surface area contributed by atoms with Gasteiger partial charge in [-0.25, -0.2) is 4.98 Å². The zero-order valence-corrected chi connectivity index (χ0v) is 11.3.